The van der Waals surface area contributed by atoms with E-state index in [0.717, 1.165) is 12.8 Å². The highest BCUT2D eigenvalue weighted by molar-refractivity contribution is 5.96. The quantitative estimate of drug-likeness (QED) is 0.907. The van der Waals surface area contributed by atoms with Gasteiger partial charge in [0.25, 0.3) is 5.91 Å². The van der Waals surface area contributed by atoms with Gasteiger partial charge in [0.05, 0.1) is 18.2 Å². The molecular formula is C14H19NO4. The molecule has 1 amide bonds. The Morgan fingerprint density at radius 1 is 1.53 bits per heavy atom. The lowest BCUT2D eigenvalue weighted by atomic mass is 10.1. The highest BCUT2D eigenvalue weighted by Crippen LogP contribution is 2.27. The molecule has 0 radical (unpaired) electrons. The molecule has 1 N–H and O–H groups in total. The fourth-order valence-corrected chi connectivity index (χ4v) is 2.62. The van der Waals surface area contributed by atoms with Crippen molar-refractivity contribution in [2.45, 2.75) is 45.1 Å². The van der Waals surface area contributed by atoms with Crippen LogP contribution in [0.3, 0.4) is 0 Å². The zero-order chi connectivity index (χ0) is 14.0. The molecule has 1 aliphatic rings. The first-order valence-electron chi connectivity index (χ1n) is 6.61. The maximum atomic E-state index is 12.5. The SMILES string of the molecule is CC(C)c1occc1C(=O)N1CCCC1CC(=O)O. The Balaban J connectivity index is 2.18. The van der Waals surface area contributed by atoms with Gasteiger partial charge in [0.2, 0.25) is 0 Å². The Hall–Kier alpha value is -1.78. The molecule has 0 aliphatic carbocycles. The molecule has 1 aliphatic heterocycles. The van der Waals surface area contributed by atoms with Crippen molar-refractivity contribution in [2.24, 2.45) is 0 Å². The first-order chi connectivity index (χ1) is 9.00. The van der Waals surface area contributed by atoms with Gasteiger partial charge in [0, 0.05) is 18.5 Å². The third kappa shape index (κ3) is 2.80. The number of amides is 1. The van der Waals surface area contributed by atoms with Gasteiger partial charge in [-0.25, -0.2) is 0 Å². The van der Waals surface area contributed by atoms with Crippen LogP contribution in [0.15, 0.2) is 16.7 Å². The zero-order valence-corrected chi connectivity index (χ0v) is 11.3. The lowest BCUT2D eigenvalue weighted by Crippen LogP contribution is -2.37. The highest BCUT2D eigenvalue weighted by Gasteiger charge is 2.32. The van der Waals surface area contributed by atoms with Gasteiger partial charge >= 0.3 is 5.97 Å². The van der Waals surface area contributed by atoms with Crippen molar-refractivity contribution in [1.29, 1.82) is 0 Å². The van der Waals surface area contributed by atoms with E-state index >= 15 is 0 Å². The van der Waals surface area contributed by atoms with Crippen molar-refractivity contribution in [2.75, 3.05) is 6.54 Å². The van der Waals surface area contributed by atoms with Crippen LogP contribution in [0.25, 0.3) is 0 Å². The lowest BCUT2D eigenvalue weighted by Gasteiger charge is -2.23. The summed E-state index contributed by atoms with van der Waals surface area (Å²) >= 11 is 0. The highest BCUT2D eigenvalue weighted by atomic mass is 16.4. The number of carboxylic acid groups (broad SMARTS) is 1. The summed E-state index contributed by atoms with van der Waals surface area (Å²) in [4.78, 5) is 25.0. The number of carboxylic acids is 1. The van der Waals surface area contributed by atoms with Crippen LogP contribution in [0.4, 0.5) is 0 Å². The second-order valence-electron chi connectivity index (χ2n) is 5.25. The Kier molecular flexibility index (Phi) is 3.93. The average Bonchev–Trinajstić information content (AvgIpc) is 2.94. The average molecular weight is 265 g/mol. The molecule has 1 unspecified atom stereocenters. The summed E-state index contributed by atoms with van der Waals surface area (Å²) in [5.74, 6) is -0.164. The van der Waals surface area contributed by atoms with Gasteiger partial charge in [-0.05, 0) is 18.9 Å². The first kappa shape index (κ1) is 13.6. The van der Waals surface area contributed by atoms with Gasteiger partial charge in [-0.2, -0.15) is 0 Å². The number of aliphatic carboxylic acids is 1. The maximum Gasteiger partial charge on any atom is 0.305 e. The molecule has 1 saturated heterocycles. The van der Waals surface area contributed by atoms with E-state index in [9.17, 15) is 9.59 Å². The molecule has 5 heteroatoms. The van der Waals surface area contributed by atoms with Crippen LogP contribution >= 0.6 is 0 Å². The van der Waals surface area contributed by atoms with Crippen LogP contribution in [0, 0.1) is 0 Å². The number of nitrogens with zero attached hydrogens (tertiary/aromatic N) is 1. The molecular weight excluding hydrogens is 246 g/mol. The molecule has 2 rings (SSSR count). The molecule has 0 saturated carbocycles. The minimum Gasteiger partial charge on any atom is -0.481 e. The van der Waals surface area contributed by atoms with Crippen molar-refractivity contribution >= 4 is 11.9 Å². The second-order valence-corrected chi connectivity index (χ2v) is 5.25. The van der Waals surface area contributed by atoms with E-state index in [1.165, 1.54) is 6.26 Å². The van der Waals surface area contributed by atoms with E-state index in [1.54, 1.807) is 11.0 Å². The van der Waals surface area contributed by atoms with Gasteiger partial charge in [-0.15, -0.1) is 0 Å². The van der Waals surface area contributed by atoms with Gasteiger partial charge < -0.3 is 14.4 Å². The predicted molar refractivity (Wildman–Crippen MR) is 69.1 cm³/mol. The molecule has 19 heavy (non-hydrogen) atoms. The van der Waals surface area contributed by atoms with Crippen LogP contribution < -0.4 is 0 Å². The second kappa shape index (κ2) is 5.47. The molecule has 0 bridgehead atoms. The lowest BCUT2D eigenvalue weighted by molar-refractivity contribution is -0.137. The van der Waals surface area contributed by atoms with Crippen molar-refractivity contribution in [3.63, 3.8) is 0 Å². The molecule has 1 aromatic rings. The topological polar surface area (TPSA) is 70.8 Å². The number of furan rings is 1. The monoisotopic (exact) mass is 265 g/mol. The van der Waals surface area contributed by atoms with Crippen LogP contribution in [0.5, 0.6) is 0 Å². The summed E-state index contributed by atoms with van der Waals surface area (Å²) in [6, 6.07) is 1.48. The van der Waals surface area contributed by atoms with Gasteiger partial charge in [0.15, 0.2) is 0 Å². The van der Waals surface area contributed by atoms with Crippen LogP contribution in [-0.4, -0.2) is 34.5 Å². The molecule has 104 valence electrons. The standard InChI is InChI=1S/C14H19NO4/c1-9(2)13-11(5-7-19-13)14(18)15-6-3-4-10(15)8-12(16)17/h5,7,9-10H,3-4,6,8H2,1-2H3,(H,16,17). The maximum absolute atomic E-state index is 12.5. The predicted octanol–water partition coefficient (Wildman–Crippen LogP) is 2.48. The van der Waals surface area contributed by atoms with E-state index < -0.39 is 5.97 Å². The number of likely N-dealkylation sites (tertiary alicyclic amines) is 1. The van der Waals surface area contributed by atoms with Gasteiger partial charge in [-0.1, -0.05) is 13.8 Å². The summed E-state index contributed by atoms with van der Waals surface area (Å²) in [6.45, 7) is 4.56. The Morgan fingerprint density at radius 3 is 2.89 bits per heavy atom. The van der Waals surface area contributed by atoms with E-state index in [2.05, 4.69) is 0 Å². The number of rotatable bonds is 4. The summed E-state index contributed by atoms with van der Waals surface area (Å²) in [5, 5.41) is 8.89. The minimum absolute atomic E-state index is 0.0145. The summed E-state index contributed by atoms with van der Waals surface area (Å²) in [7, 11) is 0. The molecule has 1 fully saturated rings. The van der Waals surface area contributed by atoms with Crippen molar-refractivity contribution in [3.8, 4) is 0 Å². The summed E-state index contributed by atoms with van der Waals surface area (Å²) in [5.41, 5.74) is 0.562. The fourth-order valence-electron chi connectivity index (χ4n) is 2.62. The Morgan fingerprint density at radius 2 is 2.26 bits per heavy atom. The fraction of sp³-hybridized carbons (Fsp3) is 0.571. The molecule has 1 aromatic heterocycles. The van der Waals surface area contributed by atoms with Crippen molar-refractivity contribution in [1.82, 2.24) is 4.90 Å². The Labute approximate surface area is 112 Å². The van der Waals surface area contributed by atoms with E-state index in [4.69, 9.17) is 9.52 Å². The third-order valence-electron chi connectivity index (χ3n) is 3.50. The summed E-state index contributed by atoms with van der Waals surface area (Å²) in [6.07, 6.45) is 3.15. The number of carbonyl (C=O) groups is 2. The molecule has 0 aromatic carbocycles. The first-order valence-corrected chi connectivity index (χ1v) is 6.61. The number of hydrogen-bond acceptors (Lipinski definition) is 3. The van der Waals surface area contributed by atoms with Crippen molar-refractivity contribution in [3.05, 3.63) is 23.7 Å². The van der Waals surface area contributed by atoms with Crippen LogP contribution in [-0.2, 0) is 4.79 Å². The largest absolute Gasteiger partial charge is 0.481 e. The van der Waals surface area contributed by atoms with E-state index in [-0.39, 0.29) is 24.3 Å². The molecule has 1 atom stereocenters. The van der Waals surface area contributed by atoms with Gasteiger partial charge in [0.1, 0.15) is 5.76 Å². The Bertz CT molecular complexity index is 478. The molecule has 0 spiro atoms. The minimum atomic E-state index is -0.860. The number of carbonyl (C=O) groups excluding carboxylic acids is 1. The van der Waals surface area contributed by atoms with Gasteiger partial charge in [-0.3, -0.25) is 9.59 Å². The van der Waals surface area contributed by atoms with Crippen LogP contribution in [0.2, 0.25) is 0 Å². The smallest absolute Gasteiger partial charge is 0.305 e. The van der Waals surface area contributed by atoms with E-state index in [0.29, 0.717) is 17.9 Å². The molecule has 5 nitrogen and oxygen atoms in total. The molecule has 2 heterocycles. The third-order valence-corrected chi connectivity index (χ3v) is 3.50. The van der Waals surface area contributed by atoms with Crippen LogP contribution in [0.1, 0.15) is 55.1 Å². The summed E-state index contributed by atoms with van der Waals surface area (Å²) < 4.78 is 5.36. The van der Waals surface area contributed by atoms with Crippen molar-refractivity contribution < 1.29 is 19.1 Å². The zero-order valence-electron chi connectivity index (χ0n) is 11.3. The normalized spacial score (nSPS) is 19.1. The van der Waals surface area contributed by atoms with E-state index in [1.807, 2.05) is 13.8 Å². The number of hydrogen-bond donors (Lipinski definition) is 1.